The quantitative estimate of drug-likeness (QED) is 0.495. The molecule has 0 fully saturated rings. The first-order valence-electron chi connectivity index (χ1n) is 8.99. The molecule has 1 heterocycles. The number of rotatable bonds is 5. The van der Waals surface area contributed by atoms with Crippen LogP contribution in [-0.2, 0) is 29.8 Å². The molecule has 3 rings (SSSR count). The minimum Gasteiger partial charge on any atom is -0.325 e. The van der Waals surface area contributed by atoms with Crippen LogP contribution in [-0.4, -0.2) is 20.0 Å². The molecule has 0 spiro atoms. The van der Waals surface area contributed by atoms with E-state index in [1.54, 1.807) is 0 Å². The summed E-state index contributed by atoms with van der Waals surface area (Å²) in [6.07, 6.45) is -8.79. The Balaban J connectivity index is 2.18. The molecule has 0 saturated carbocycles. The van der Waals surface area contributed by atoms with Gasteiger partial charge in [0.15, 0.2) is 0 Å². The molecule has 0 bridgehead atoms. The van der Waals surface area contributed by atoms with Crippen LogP contribution in [0.3, 0.4) is 0 Å². The van der Waals surface area contributed by atoms with E-state index >= 15 is 0 Å². The molecule has 13 heteroatoms. The van der Waals surface area contributed by atoms with Gasteiger partial charge in [-0.15, -0.1) is 0 Å². The lowest BCUT2D eigenvalue weighted by Gasteiger charge is -2.19. The van der Waals surface area contributed by atoms with Gasteiger partial charge in [0.05, 0.1) is 28.2 Å². The summed E-state index contributed by atoms with van der Waals surface area (Å²) in [5.41, 5.74) is -5.16. The lowest BCUT2D eigenvalue weighted by atomic mass is 10.1. The summed E-state index contributed by atoms with van der Waals surface area (Å²) in [5.74, 6) is -0.550. The zero-order chi connectivity index (χ0) is 24.6. The van der Waals surface area contributed by atoms with E-state index in [0.29, 0.717) is 17.0 Å². The van der Waals surface area contributed by atoms with Crippen molar-refractivity contribution in [2.24, 2.45) is 0 Å². The number of alkyl halides is 7. The Morgan fingerprint density at radius 3 is 2.12 bits per heavy atom. The maximum absolute atomic E-state index is 13.5. The first-order valence-corrected chi connectivity index (χ1v) is 10.6. The van der Waals surface area contributed by atoms with Gasteiger partial charge >= 0.3 is 12.4 Å². The Morgan fingerprint density at radius 2 is 1.61 bits per heavy atom. The number of anilines is 2. The predicted octanol–water partition coefficient (Wildman–Crippen LogP) is 5.22. The molecule has 0 aliphatic heterocycles. The molecule has 176 valence electrons. The van der Waals surface area contributed by atoms with E-state index in [4.69, 9.17) is 0 Å². The highest BCUT2D eigenvalue weighted by atomic mass is 32.2. The van der Waals surface area contributed by atoms with Crippen LogP contribution in [0.5, 0.6) is 0 Å². The summed E-state index contributed by atoms with van der Waals surface area (Å²) in [5, 5.41) is 2.22. The average Bonchev–Trinajstić information content (AvgIpc) is 2.72. The highest BCUT2D eigenvalue weighted by Crippen LogP contribution is 2.40. The van der Waals surface area contributed by atoms with Crippen LogP contribution in [0.2, 0.25) is 0 Å². The number of halogens is 7. The van der Waals surface area contributed by atoms with Gasteiger partial charge in [-0.25, -0.2) is 13.9 Å². The molecule has 0 aliphatic carbocycles. The third-order valence-electron chi connectivity index (χ3n) is 4.43. The normalized spacial score (nSPS) is 13.1. The largest absolute Gasteiger partial charge is 0.418 e. The average molecular weight is 493 g/mol. The molecule has 0 amide bonds. The zero-order valence-corrected chi connectivity index (χ0v) is 17.4. The number of hydrogen-bond acceptors (Lipinski definition) is 4. The fourth-order valence-electron chi connectivity index (χ4n) is 2.90. The first kappa shape index (κ1) is 24.4. The van der Waals surface area contributed by atoms with Crippen molar-refractivity contribution < 1.29 is 34.9 Å². The lowest BCUT2D eigenvalue weighted by Crippen LogP contribution is -2.23. The third-order valence-corrected chi connectivity index (χ3v) is 5.37. The molecule has 2 aromatic carbocycles. The second-order valence-electron chi connectivity index (χ2n) is 6.71. The maximum Gasteiger partial charge on any atom is 0.418 e. The van der Waals surface area contributed by atoms with E-state index in [-0.39, 0.29) is 11.8 Å². The number of nitrogens with one attached hydrogen (secondary N) is 1. The van der Waals surface area contributed by atoms with Crippen molar-refractivity contribution >= 4 is 22.4 Å². The molecular weight excluding hydrogens is 479 g/mol. The molecule has 1 unspecified atom stereocenters. The van der Waals surface area contributed by atoms with E-state index in [1.807, 2.05) is 0 Å². The Bertz CT molecular complexity index is 1250. The van der Waals surface area contributed by atoms with Gasteiger partial charge in [-0.1, -0.05) is 0 Å². The number of benzene rings is 2. The Kier molecular flexibility index (Phi) is 6.63. The summed E-state index contributed by atoms with van der Waals surface area (Å²) in [7, 11) is -1.35. The SMILES string of the molecule is CS(=O)c1ccc(-n2c(Nc3ccc(C(F)(F)F)cc3C(F)(F)F)nc(CF)cc2=O)cc1. The van der Waals surface area contributed by atoms with E-state index in [0.717, 1.165) is 10.6 Å². The first-order chi connectivity index (χ1) is 15.3. The molecule has 0 radical (unpaired) electrons. The maximum atomic E-state index is 13.5. The summed E-state index contributed by atoms with van der Waals surface area (Å²) < 4.78 is 105. The molecule has 1 N–H and O–H groups in total. The summed E-state index contributed by atoms with van der Waals surface area (Å²) >= 11 is 0. The van der Waals surface area contributed by atoms with Crippen molar-refractivity contribution in [2.75, 3.05) is 11.6 Å². The topological polar surface area (TPSA) is 64.0 Å². The molecule has 1 aromatic heterocycles. The smallest absolute Gasteiger partial charge is 0.325 e. The van der Waals surface area contributed by atoms with Crippen molar-refractivity contribution in [3.05, 3.63) is 75.7 Å². The van der Waals surface area contributed by atoms with Crippen LogP contribution in [0.1, 0.15) is 16.8 Å². The second kappa shape index (κ2) is 8.96. The van der Waals surface area contributed by atoms with Gasteiger partial charge in [0.1, 0.15) is 6.67 Å². The summed E-state index contributed by atoms with van der Waals surface area (Å²) in [6.45, 7) is -1.21. The zero-order valence-electron chi connectivity index (χ0n) is 16.6. The van der Waals surface area contributed by atoms with E-state index in [2.05, 4.69) is 10.3 Å². The van der Waals surface area contributed by atoms with Gasteiger partial charge in [0.2, 0.25) is 5.95 Å². The minimum atomic E-state index is -5.18. The van der Waals surface area contributed by atoms with E-state index < -0.39 is 63.8 Å². The van der Waals surface area contributed by atoms with Crippen molar-refractivity contribution in [3.8, 4) is 5.69 Å². The van der Waals surface area contributed by atoms with E-state index in [1.165, 1.54) is 30.5 Å². The van der Waals surface area contributed by atoms with Gasteiger partial charge in [-0.3, -0.25) is 9.00 Å². The molecule has 5 nitrogen and oxygen atoms in total. The van der Waals surface area contributed by atoms with Crippen molar-refractivity contribution in [1.29, 1.82) is 0 Å². The molecule has 1 atom stereocenters. The molecule has 33 heavy (non-hydrogen) atoms. The van der Waals surface area contributed by atoms with Gasteiger partial charge in [0, 0.05) is 28.0 Å². The minimum absolute atomic E-state index is 0.0743. The summed E-state index contributed by atoms with van der Waals surface area (Å²) in [4.78, 5) is 16.8. The Labute approximate surface area is 184 Å². The highest BCUT2D eigenvalue weighted by Gasteiger charge is 2.38. The van der Waals surface area contributed by atoms with Crippen LogP contribution in [0.25, 0.3) is 5.69 Å². The van der Waals surface area contributed by atoms with Gasteiger partial charge < -0.3 is 5.32 Å². The second-order valence-corrected chi connectivity index (χ2v) is 8.09. The molecule has 0 saturated heterocycles. The van der Waals surface area contributed by atoms with Crippen molar-refractivity contribution in [3.63, 3.8) is 0 Å². The van der Waals surface area contributed by atoms with Crippen LogP contribution in [0, 0.1) is 0 Å². The van der Waals surface area contributed by atoms with Gasteiger partial charge in [-0.05, 0) is 42.5 Å². The van der Waals surface area contributed by atoms with Crippen LogP contribution in [0.4, 0.5) is 42.4 Å². The van der Waals surface area contributed by atoms with Gasteiger partial charge in [0.25, 0.3) is 5.56 Å². The standard InChI is InChI=1S/C20H14F7N3O2S/c1-33(32)14-5-3-13(4-6-14)30-17(31)9-12(10-21)28-18(30)29-16-7-2-11(19(22,23)24)8-15(16)20(25,26)27/h2-9H,10H2,1H3,(H,28,29). The fourth-order valence-corrected chi connectivity index (χ4v) is 3.42. The van der Waals surface area contributed by atoms with Crippen molar-refractivity contribution in [1.82, 2.24) is 9.55 Å². The highest BCUT2D eigenvalue weighted by molar-refractivity contribution is 7.84. The van der Waals surface area contributed by atoms with E-state index in [9.17, 15) is 39.7 Å². The molecule has 0 aliphatic rings. The lowest BCUT2D eigenvalue weighted by molar-refractivity contribution is -0.142. The monoisotopic (exact) mass is 493 g/mol. The third kappa shape index (κ3) is 5.41. The number of aromatic nitrogens is 2. The predicted molar refractivity (Wildman–Crippen MR) is 107 cm³/mol. The number of hydrogen-bond donors (Lipinski definition) is 1. The van der Waals surface area contributed by atoms with Crippen LogP contribution in [0.15, 0.2) is 58.2 Å². The molecule has 3 aromatic rings. The summed E-state index contributed by atoms with van der Waals surface area (Å²) in [6, 6.07) is 7.24. The van der Waals surface area contributed by atoms with Crippen LogP contribution >= 0.6 is 0 Å². The van der Waals surface area contributed by atoms with Crippen molar-refractivity contribution in [2.45, 2.75) is 23.9 Å². The number of nitrogens with zero attached hydrogens (tertiary/aromatic N) is 2. The fraction of sp³-hybridized carbons (Fsp3) is 0.200. The van der Waals surface area contributed by atoms with Gasteiger partial charge in [-0.2, -0.15) is 26.3 Å². The Morgan fingerprint density at radius 1 is 0.970 bits per heavy atom. The molecular formula is C20H14F7N3O2S. The van der Waals surface area contributed by atoms with Crippen LogP contribution < -0.4 is 10.9 Å². The Hall–Kier alpha value is -3.22.